The van der Waals surface area contributed by atoms with Crippen molar-refractivity contribution in [2.24, 2.45) is 11.8 Å². The van der Waals surface area contributed by atoms with Crippen molar-refractivity contribution in [3.8, 4) is 0 Å². The molecule has 2 aromatic carbocycles. The van der Waals surface area contributed by atoms with Crippen LogP contribution in [0, 0.1) is 11.8 Å². The van der Waals surface area contributed by atoms with Gasteiger partial charge in [-0.15, -0.1) is 0 Å². The number of benzene rings is 2. The zero-order chi connectivity index (χ0) is 32.6. The summed E-state index contributed by atoms with van der Waals surface area (Å²) in [6.45, 7) is 15.9. The van der Waals surface area contributed by atoms with E-state index >= 15 is 0 Å². The standard InChI is InChI=1S/C35H53N5O4/c1-8-18-40(19-9-2)35(44)29-17-13-16-28(21-29)33(42)38-30(20-27-14-11-10-12-15-27)23-36-26(7)32(41)39-31(25(5)6)34(43)37-22-24(3)4/h10-17,21,24-26,30-31,36H,8-9,18-20,22-23H2,1-7H3,(H,37,43)(H,38,42)(H,39,41)/t26-,30-,31-/m0/s1. The molecule has 0 aromatic heterocycles. The zero-order valence-corrected chi connectivity index (χ0v) is 27.6. The first kappa shape index (κ1) is 36.5. The second kappa shape index (κ2) is 18.8. The van der Waals surface area contributed by atoms with E-state index in [1.165, 1.54) is 0 Å². The highest BCUT2D eigenvalue weighted by atomic mass is 16.2. The van der Waals surface area contributed by atoms with Gasteiger partial charge in [-0.05, 0) is 61.8 Å². The zero-order valence-electron chi connectivity index (χ0n) is 27.6. The number of hydrogen-bond donors (Lipinski definition) is 4. The molecule has 0 heterocycles. The van der Waals surface area contributed by atoms with E-state index in [-0.39, 0.29) is 35.6 Å². The Morgan fingerprint density at radius 2 is 1.39 bits per heavy atom. The second-order valence-electron chi connectivity index (χ2n) is 12.2. The van der Waals surface area contributed by atoms with E-state index in [4.69, 9.17) is 0 Å². The second-order valence-corrected chi connectivity index (χ2v) is 12.2. The van der Waals surface area contributed by atoms with Crippen LogP contribution in [0.1, 0.15) is 87.6 Å². The summed E-state index contributed by atoms with van der Waals surface area (Å²) in [5.41, 5.74) is 1.93. The average Bonchev–Trinajstić information content (AvgIpc) is 3.00. The number of nitrogens with zero attached hydrogens (tertiary/aromatic N) is 1. The average molecular weight is 608 g/mol. The van der Waals surface area contributed by atoms with Gasteiger partial charge in [0.05, 0.1) is 6.04 Å². The Morgan fingerprint density at radius 3 is 1.98 bits per heavy atom. The monoisotopic (exact) mass is 607 g/mol. The van der Waals surface area contributed by atoms with Crippen molar-refractivity contribution in [3.63, 3.8) is 0 Å². The van der Waals surface area contributed by atoms with Gasteiger partial charge in [-0.3, -0.25) is 19.2 Å². The predicted octanol–water partition coefficient (Wildman–Crippen LogP) is 4.18. The Kier molecular flexibility index (Phi) is 15.6. The first-order chi connectivity index (χ1) is 21.0. The molecule has 242 valence electrons. The lowest BCUT2D eigenvalue weighted by molar-refractivity contribution is -0.131. The van der Waals surface area contributed by atoms with Crippen LogP contribution < -0.4 is 21.3 Å². The summed E-state index contributed by atoms with van der Waals surface area (Å²) >= 11 is 0. The molecule has 4 N–H and O–H groups in total. The van der Waals surface area contributed by atoms with Crippen LogP contribution in [-0.2, 0) is 16.0 Å². The summed E-state index contributed by atoms with van der Waals surface area (Å²) in [5, 5.41) is 12.1. The summed E-state index contributed by atoms with van der Waals surface area (Å²) < 4.78 is 0. The highest BCUT2D eigenvalue weighted by Crippen LogP contribution is 2.12. The molecule has 0 bridgehead atoms. The molecule has 0 spiro atoms. The number of nitrogens with one attached hydrogen (secondary N) is 4. The molecule has 44 heavy (non-hydrogen) atoms. The Labute approximate surface area is 263 Å². The molecule has 0 aliphatic heterocycles. The minimum absolute atomic E-state index is 0.0803. The SMILES string of the molecule is CCCN(CCC)C(=O)c1cccc(C(=O)N[C@H](CN[C@@H](C)C(=O)N[C@H](C(=O)NCC(C)C)C(C)C)Cc2ccccc2)c1. The van der Waals surface area contributed by atoms with Gasteiger partial charge in [0.1, 0.15) is 6.04 Å². The molecule has 2 rings (SSSR count). The van der Waals surface area contributed by atoms with Crippen molar-refractivity contribution in [1.82, 2.24) is 26.2 Å². The number of carbonyl (C=O) groups is 4. The van der Waals surface area contributed by atoms with Gasteiger partial charge in [-0.2, -0.15) is 0 Å². The quantitative estimate of drug-likeness (QED) is 0.203. The van der Waals surface area contributed by atoms with E-state index in [2.05, 4.69) is 21.3 Å². The Balaban J connectivity index is 2.13. The molecule has 0 fully saturated rings. The third kappa shape index (κ3) is 12.1. The van der Waals surface area contributed by atoms with Gasteiger partial charge in [0.15, 0.2) is 0 Å². The Bertz CT molecular complexity index is 1190. The van der Waals surface area contributed by atoms with Gasteiger partial charge in [-0.25, -0.2) is 0 Å². The third-order valence-corrected chi connectivity index (χ3v) is 7.30. The maximum atomic E-state index is 13.4. The molecule has 9 heteroatoms. The summed E-state index contributed by atoms with van der Waals surface area (Å²) in [7, 11) is 0. The Hall–Kier alpha value is -3.72. The predicted molar refractivity (Wildman–Crippen MR) is 176 cm³/mol. The lowest BCUT2D eigenvalue weighted by Gasteiger charge is -2.26. The van der Waals surface area contributed by atoms with E-state index in [1.807, 2.05) is 76.8 Å². The van der Waals surface area contributed by atoms with Gasteiger partial charge < -0.3 is 26.2 Å². The largest absolute Gasteiger partial charge is 0.354 e. The molecule has 0 aliphatic carbocycles. The summed E-state index contributed by atoms with van der Waals surface area (Å²) in [6, 6.07) is 15.1. The van der Waals surface area contributed by atoms with E-state index in [1.54, 1.807) is 31.2 Å². The Morgan fingerprint density at radius 1 is 0.750 bits per heavy atom. The van der Waals surface area contributed by atoms with Gasteiger partial charge in [0.25, 0.3) is 11.8 Å². The van der Waals surface area contributed by atoms with E-state index in [0.29, 0.717) is 49.6 Å². The van der Waals surface area contributed by atoms with Crippen LogP contribution >= 0.6 is 0 Å². The summed E-state index contributed by atoms with van der Waals surface area (Å²) in [6.07, 6.45) is 2.26. The van der Waals surface area contributed by atoms with Crippen LogP contribution in [0.5, 0.6) is 0 Å². The molecule has 0 radical (unpaired) electrons. The lowest BCUT2D eigenvalue weighted by atomic mass is 10.0. The molecule has 0 unspecified atom stereocenters. The van der Waals surface area contributed by atoms with Crippen LogP contribution in [-0.4, -0.2) is 72.8 Å². The van der Waals surface area contributed by atoms with E-state index in [9.17, 15) is 19.2 Å². The van der Waals surface area contributed by atoms with Crippen molar-refractivity contribution in [2.75, 3.05) is 26.2 Å². The van der Waals surface area contributed by atoms with E-state index in [0.717, 1.165) is 18.4 Å². The molecule has 0 aliphatic rings. The molecule has 9 nitrogen and oxygen atoms in total. The fraction of sp³-hybridized carbons (Fsp3) is 0.543. The molecule has 4 amide bonds. The highest BCUT2D eigenvalue weighted by Gasteiger charge is 2.27. The normalized spacial score (nSPS) is 13.2. The van der Waals surface area contributed by atoms with Gasteiger partial charge in [0, 0.05) is 43.3 Å². The number of carbonyl (C=O) groups excluding carboxylic acids is 4. The van der Waals surface area contributed by atoms with Gasteiger partial charge >= 0.3 is 0 Å². The molecule has 2 aromatic rings. The van der Waals surface area contributed by atoms with Crippen molar-refractivity contribution in [1.29, 1.82) is 0 Å². The molecule has 0 saturated heterocycles. The van der Waals surface area contributed by atoms with Crippen LogP contribution in [0.3, 0.4) is 0 Å². The maximum absolute atomic E-state index is 13.4. The first-order valence-corrected chi connectivity index (χ1v) is 16.0. The summed E-state index contributed by atoms with van der Waals surface area (Å²) in [5.74, 6) is -0.636. The van der Waals surface area contributed by atoms with Crippen molar-refractivity contribution in [3.05, 3.63) is 71.3 Å². The first-order valence-electron chi connectivity index (χ1n) is 16.0. The number of amides is 4. The van der Waals surface area contributed by atoms with Crippen LogP contribution in [0.2, 0.25) is 0 Å². The van der Waals surface area contributed by atoms with Gasteiger partial charge in [-0.1, -0.05) is 77.9 Å². The fourth-order valence-electron chi connectivity index (χ4n) is 4.81. The van der Waals surface area contributed by atoms with Crippen molar-refractivity contribution >= 4 is 23.6 Å². The lowest BCUT2D eigenvalue weighted by Crippen LogP contribution is -2.55. The van der Waals surface area contributed by atoms with Crippen LogP contribution in [0.15, 0.2) is 54.6 Å². The third-order valence-electron chi connectivity index (χ3n) is 7.30. The topological polar surface area (TPSA) is 120 Å². The van der Waals surface area contributed by atoms with E-state index < -0.39 is 12.1 Å². The van der Waals surface area contributed by atoms with Gasteiger partial charge in [0.2, 0.25) is 11.8 Å². The van der Waals surface area contributed by atoms with Crippen LogP contribution in [0.4, 0.5) is 0 Å². The van der Waals surface area contributed by atoms with Crippen molar-refractivity contribution < 1.29 is 19.2 Å². The number of hydrogen-bond acceptors (Lipinski definition) is 5. The minimum Gasteiger partial charge on any atom is -0.354 e. The smallest absolute Gasteiger partial charge is 0.253 e. The number of rotatable bonds is 18. The molecule has 0 saturated carbocycles. The molecular weight excluding hydrogens is 554 g/mol. The van der Waals surface area contributed by atoms with Crippen molar-refractivity contribution in [2.45, 2.75) is 85.9 Å². The minimum atomic E-state index is -0.647. The summed E-state index contributed by atoms with van der Waals surface area (Å²) in [4.78, 5) is 54.2. The maximum Gasteiger partial charge on any atom is 0.253 e. The fourth-order valence-corrected chi connectivity index (χ4v) is 4.81. The molecular formula is C35H53N5O4. The van der Waals surface area contributed by atoms with Crippen LogP contribution in [0.25, 0.3) is 0 Å². The highest BCUT2D eigenvalue weighted by molar-refractivity contribution is 5.99. The molecule has 3 atom stereocenters.